The summed E-state index contributed by atoms with van der Waals surface area (Å²) in [7, 11) is 0. The molecular weight excluding hydrogens is 909 g/mol. The van der Waals surface area contributed by atoms with Gasteiger partial charge in [0, 0.05) is 33.0 Å². The van der Waals surface area contributed by atoms with Crippen molar-refractivity contribution in [1.29, 1.82) is 5.26 Å². The van der Waals surface area contributed by atoms with Gasteiger partial charge < -0.3 is 4.40 Å². The van der Waals surface area contributed by atoms with Gasteiger partial charge in [-0.1, -0.05) is 127 Å². The van der Waals surface area contributed by atoms with Crippen molar-refractivity contribution in [2.24, 2.45) is 17.8 Å². The Morgan fingerprint density at radius 3 is 1.72 bits per heavy atom. The number of nitriles is 1. The maximum atomic E-state index is 14.6. The number of hydrogen-bond donors (Lipinski definition) is 0. The second-order valence-corrected chi connectivity index (χ2v) is 24.2. The number of hydrogen-bond acceptors (Lipinski definition) is 2. The third kappa shape index (κ3) is 4.14. The fraction of sp³-hybridized carbons (Fsp3) is 0.194. The van der Waals surface area contributed by atoms with Gasteiger partial charge in [-0.25, -0.2) is 0 Å². The molecule has 2 saturated carbocycles. The van der Waals surface area contributed by atoms with Crippen LogP contribution in [-0.4, -0.2) is 10.2 Å². The minimum Gasteiger partial charge on any atom is -0.308 e. The standard InChI is InChI=1S/C72H46N2O/c73-35-42-29-63-66(65-41-26-36-23-37(27-41)25-40(24-36)64(42)65)67-68-52(31-53-51-30-48-38-21-22-39(28-38)70(75)54(48)34-62(51)74(63)69(53)67)50-33-60-49(32-61(50)72(68)58-19-9-3-13-45(58)46-14-4-10-20-59(46)72)47-15-5-8-18-57(47)71(60)55-16-6-1-11-43(55)44-12-2-7-17-56(44)71/h1-20,26,29-34,36-40H,21-25,27-28H2. The topological polar surface area (TPSA) is 45.3 Å². The van der Waals surface area contributed by atoms with Gasteiger partial charge in [0.15, 0.2) is 5.78 Å². The maximum Gasteiger partial charge on any atom is 0.166 e. The van der Waals surface area contributed by atoms with Crippen molar-refractivity contribution in [2.45, 2.75) is 67.6 Å². The number of nitrogens with zero attached hydrogens (tertiary/aromatic N) is 2. The van der Waals surface area contributed by atoms with E-state index in [2.05, 4.69) is 174 Å². The average molecular weight is 955 g/mol. The number of Topliss-reactive ketones (excluding diaryl/α,β-unsaturated/α-hetero) is 1. The van der Waals surface area contributed by atoms with E-state index in [4.69, 9.17) is 0 Å². The lowest BCUT2D eigenvalue weighted by Crippen LogP contribution is -2.27. The summed E-state index contributed by atoms with van der Waals surface area (Å²) in [6.45, 7) is 0. The van der Waals surface area contributed by atoms with Crippen molar-refractivity contribution in [3.8, 4) is 50.6 Å². The first-order valence-electron chi connectivity index (χ1n) is 27.8. The molecule has 10 aliphatic carbocycles. The number of fused-ring (bicyclic) bond motifs is 31. The maximum absolute atomic E-state index is 14.6. The van der Waals surface area contributed by atoms with Crippen LogP contribution in [0, 0.1) is 29.1 Å². The molecule has 2 spiro atoms. The zero-order chi connectivity index (χ0) is 48.5. The molecule has 3 heteroatoms. The van der Waals surface area contributed by atoms with Crippen LogP contribution in [0.5, 0.6) is 0 Å². The normalized spacial score (nSPS) is 23.0. The third-order valence-corrected chi connectivity index (χ3v) is 21.4. The van der Waals surface area contributed by atoms with Crippen LogP contribution in [0.25, 0.3) is 88.2 Å². The predicted octanol–water partition coefficient (Wildman–Crippen LogP) is 16.8. The van der Waals surface area contributed by atoms with Gasteiger partial charge in [0.05, 0.1) is 39.0 Å². The lowest BCUT2D eigenvalue weighted by Gasteiger charge is -2.34. The monoisotopic (exact) mass is 954 g/mol. The summed E-state index contributed by atoms with van der Waals surface area (Å²) in [4.78, 5) is 14.6. The number of carbonyl (C=O) groups excluding carboxylic acids is 1. The number of ketones is 1. The molecule has 0 saturated heterocycles. The quantitative estimate of drug-likeness (QED) is 0.152. The van der Waals surface area contributed by atoms with E-state index in [9.17, 15) is 10.1 Å². The largest absolute Gasteiger partial charge is 0.308 e. The van der Waals surface area contributed by atoms with Crippen molar-refractivity contribution in [1.82, 2.24) is 4.40 Å². The van der Waals surface area contributed by atoms with Crippen LogP contribution >= 0.6 is 0 Å². The molecule has 75 heavy (non-hydrogen) atoms. The molecule has 350 valence electrons. The Kier molecular flexibility index (Phi) is 6.67. The van der Waals surface area contributed by atoms with Crippen molar-refractivity contribution >= 4 is 49.5 Å². The number of rotatable bonds is 0. The number of benzene rings is 9. The summed E-state index contributed by atoms with van der Waals surface area (Å²) >= 11 is 0. The SMILES string of the molecule is N#Cc1cc2c(c3c1C1CC4C=C3CC(C4)C1)c1c3c(cc4c5cc6c(cc5n2c41)C(=O)C1CCC6C1)-c1cc2c(cc1C31c3ccccc3-c3ccccc31)-c1ccccc1C21c2ccccc2-c2ccccc21. The van der Waals surface area contributed by atoms with E-state index < -0.39 is 10.8 Å². The lowest BCUT2D eigenvalue weighted by atomic mass is 9.68. The van der Waals surface area contributed by atoms with Gasteiger partial charge >= 0.3 is 0 Å². The summed E-state index contributed by atoms with van der Waals surface area (Å²) in [5.41, 5.74) is 30.7. The first kappa shape index (κ1) is 39.2. The van der Waals surface area contributed by atoms with Gasteiger partial charge in [-0.3, -0.25) is 4.79 Å². The average Bonchev–Trinajstić information content (AvgIpc) is 4.17. The molecule has 5 atom stereocenters. The molecule has 2 fully saturated rings. The summed E-state index contributed by atoms with van der Waals surface area (Å²) in [6, 6.07) is 64.2. The van der Waals surface area contributed by atoms with Crippen LogP contribution in [-0.2, 0) is 10.8 Å². The zero-order valence-electron chi connectivity index (χ0n) is 41.2. The van der Waals surface area contributed by atoms with Crippen LogP contribution in [0.1, 0.15) is 134 Å². The molecule has 11 aromatic rings. The predicted molar refractivity (Wildman–Crippen MR) is 299 cm³/mol. The summed E-state index contributed by atoms with van der Waals surface area (Å²) < 4.78 is 2.55. The number of allylic oxidation sites excluding steroid dienone is 2. The summed E-state index contributed by atoms with van der Waals surface area (Å²) in [5.74, 6) is 2.35. The highest BCUT2D eigenvalue weighted by Crippen LogP contribution is 2.70. The molecule has 0 radical (unpaired) electrons. The molecule has 5 unspecified atom stereocenters. The van der Waals surface area contributed by atoms with Gasteiger partial charge in [0.25, 0.3) is 0 Å². The highest BCUT2D eigenvalue weighted by Gasteiger charge is 2.57. The van der Waals surface area contributed by atoms with E-state index in [-0.39, 0.29) is 5.92 Å². The first-order chi connectivity index (χ1) is 37.0. The Labute approximate surface area is 433 Å². The van der Waals surface area contributed by atoms with Crippen LogP contribution in [0.4, 0.5) is 0 Å². The Hall–Kier alpha value is -8.32. The Morgan fingerprint density at radius 1 is 0.493 bits per heavy atom. The van der Waals surface area contributed by atoms with E-state index in [0.29, 0.717) is 29.5 Å². The minimum atomic E-state index is -0.666. The van der Waals surface area contributed by atoms with Gasteiger partial charge in [0.1, 0.15) is 0 Å². The Balaban J connectivity index is 1.03. The lowest BCUT2D eigenvalue weighted by molar-refractivity contribution is 0.0914. The molecule has 0 aliphatic heterocycles. The first-order valence-corrected chi connectivity index (χ1v) is 27.8. The number of aromatic nitrogens is 1. The molecular formula is C72H46N2O. The van der Waals surface area contributed by atoms with Crippen molar-refractivity contribution in [2.75, 3.05) is 0 Å². The summed E-state index contributed by atoms with van der Waals surface area (Å²) in [6.07, 6.45) is 10.3. The molecule has 6 bridgehead atoms. The van der Waals surface area contributed by atoms with E-state index in [0.717, 1.165) is 60.7 Å². The smallest absolute Gasteiger partial charge is 0.166 e. The van der Waals surface area contributed by atoms with E-state index in [1.165, 1.54) is 145 Å². The molecule has 2 aromatic heterocycles. The van der Waals surface area contributed by atoms with Crippen LogP contribution in [0.15, 0.2) is 164 Å². The Morgan fingerprint density at radius 2 is 1.08 bits per heavy atom. The fourth-order valence-electron chi connectivity index (χ4n) is 19.0. The van der Waals surface area contributed by atoms with Crippen molar-refractivity contribution in [3.05, 3.63) is 236 Å². The molecule has 2 heterocycles. The fourth-order valence-corrected chi connectivity index (χ4v) is 19.0. The molecule has 9 aromatic carbocycles. The van der Waals surface area contributed by atoms with Gasteiger partial charge in [0.2, 0.25) is 0 Å². The van der Waals surface area contributed by atoms with E-state index in [1.807, 2.05) is 0 Å². The van der Waals surface area contributed by atoms with Crippen LogP contribution in [0.3, 0.4) is 0 Å². The second kappa shape index (κ2) is 12.8. The number of carbonyl (C=O) groups is 1. The highest BCUT2D eigenvalue weighted by atomic mass is 16.1. The van der Waals surface area contributed by atoms with E-state index >= 15 is 0 Å². The zero-order valence-corrected chi connectivity index (χ0v) is 41.2. The third-order valence-electron chi connectivity index (χ3n) is 21.4. The molecule has 0 N–H and O–H groups in total. The van der Waals surface area contributed by atoms with Crippen molar-refractivity contribution in [3.63, 3.8) is 0 Å². The molecule has 3 nitrogen and oxygen atoms in total. The molecule has 10 aliphatic rings. The van der Waals surface area contributed by atoms with Gasteiger partial charge in [-0.05, 0) is 216 Å². The molecule has 21 rings (SSSR count). The van der Waals surface area contributed by atoms with Gasteiger partial charge in [-0.15, -0.1) is 0 Å². The summed E-state index contributed by atoms with van der Waals surface area (Å²) in [5, 5.41) is 16.6. The van der Waals surface area contributed by atoms with Crippen LogP contribution in [0.2, 0.25) is 0 Å². The van der Waals surface area contributed by atoms with Crippen molar-refractivity contribution < 1.29 is 4.79 Å². The van der Waals surface area contributed by atoms with E-state index in [1.54, 1.807) is 0 Å². The Bertz CT molecular complexity index is 4630. The highest BCUT2D eigenvalue weighted by molar-refractivity contribution is 6.30. The second-order valence-electron chi connectivity index (χ2n) is 24.2. The molecule has 0 amide bonds. The van der Waals surface area contributed by atoms with Crippen LogP contribution < -0.4 is 0 Å². The van der Waals surface area contributed by atoms with Gasteiger partial charge in [-0.2, -0.15) is 5.26 Å². The minimum absolute atomic E-state index is 0.113.